The predicted octanol–water partition coefficient (Wildman–Crippen LogP) is 0.607. The van der Waals surface area contributed by atoms with Crippen LogP contribution in [0.1, 0.15) is 35.8 Å². The lowest BCUT2D eigenvalue weighted by molar-refractivity contribution is -0.144. The van der Waals surface area contributed by atoms with E-state index < -0.39 is 17.8 Å². The number of aliphatic carboxylic acids is 1. The topological polar surface area (TPSA) is 105 Å². The molecule has 0 spiro atoms. The van der Waals surface area contributed by atoms with Crippen LogP contribution in [0.15, 0.2) is 4.52 Å². The quantitative estimate of drug-likeness (QED) is 0.829. The van der Waals surface area contributed by atoms with Gasteiger partial charge in [0.1, 0.15) is 0 Å². The molecule has 2 fully saturated rings. The van der Waals surface area contributed by atoms with Crippen LogP contribution >= 0.6 is 0 Å². The molecule has 1 aromatic heterocycles. The SMILES string of the molecule is Cc1nc(C(=O)NC2C3CCC(C3)C2C(=O)O)no1. The van der Waals surface area contributed by atoms with Crippen LogP contribution in [-0.2, 0) is 4.79 Å². The number of aromatic nitrogens is 2. The molecule has 2 aliphatic rings. The standard InChI is InChI=1S/C12H15N3O4/c1-5-13-10(15-19-5)11(16)14-9-7-3-2-6(4-7)8(9)12(17)18/h6-9H,2-4H2,1H3,(H,14,16)(H,17,18). The molecule has 2 bridgehead atoms. The van der Waals surface area contributed by atoms with E-state index in [1.165, 1.54) is 0 Å². The lowest BCUT2D eigenvalue weighted by atomic mass is 9.84. The van der Waals surface area contributed by atoms with Crippen molar-refractivity contribution in [3.63, 3.8) is 0 Å². The van der Waals surface area contributed by atoms with Gasteiger partial charge in [-0.3, -0.25) is 9.59 Å². The zero-order valence-corrected chi connectivity index (χ0v) is 10.5. The molecule has 2 saturated carbocycles. The second kappa shape index (κ2) is 4.32. The first kappa shape index (κ1) is 12.1. The van der Waals surface area contributed by atoms with Crippen LogP contribution in [0.3, 0.4) is 0 Å². The van der Waals surface area contributed by atoms with Gasteiger partial charge in [0, 0.05) is 13.0 Å². The molecular weight excluding hydrogens is 250 g/mol. The molecule has 102 valence electrons. The van der Waals surface area contributed by atoms with Crippen molar-refractivity contribution in [1.29, 1.82) is 0 Å². The smallest absolute Gasteiger partial charge is 0.308 e. The van der Waals surface area contributed by atoms with E-state index in [0.717, 1.165) is 19.3 Å². The van der Waals surface area contributed by atoms with Crippen LogP contribution in [0.2, 0.25) is 0 Å². The maximum atomic E-state index is 12.0. The average Bonchev–Trinajstić information content (AvgIpc) is 3.03. The van der Waals surface area contributed by atoms with Crippen LogP contribution in [0.5, 0.6) is 0 Å². The molecule has 4 atom stereocenters. The summed E-state index contributed by atoms with van der Waals surface area (Å²) < 4.78 is 4.75. The Morgan fingerprint density at radius 2 is 2.11 bits per heavy atom. The second-order valence-electron chi connectivity index (χ2n) is 5.33. The number of fused-ring (bicyclic) bond motifs is 2. The molecule has 3 rings (SSSR count). The van der Waals surface area contributed by atoms with Crippen LogP contribution < -0.4 is 5.32 Å². The van der Waals surface area contributed by atoms with Crippen molar-refractivity contribution in [2.45, 2.75) is 32.2 Å². The van der Waals surface area contributed by atoms with E-state index >= 15 is 0 Å². The molecular formula is C12H15N3O4. The predicted molar refractivity (Wildman–Crippen MR) is 62.2 cm³/mol. The molecule has 2 aliphatic carbocycles. The Kier molecular flexibility index (Phi) is 2.76. The summed E-state index contributed by atoms with van der Waals surface area (Å²) in [6, 6.07) is -0.317. The summed E-state index contributed by atoms with van der Waals surface area (Å²) >= 11 is 0. The lowest BCUT2D eigenvalue weighted by Crippen LogP contribution is -2.47. The maximum Gasteiger partial charge on any atom is 0.308 e. The van der Waals surface area contributed by atoms with Crippen molar-refractivity contribution in [3.8, 4) is 0 Å². The van der Waals surface area contributed by atoms with Crippen molar-refractivity contribution < 1.29 is 19.2 Å². The van der Waals surface area contributed by atoms with Crippen molar-refractivity contribution in [2.75, 3.05) is 0 Å². The average molecular weight is 265 g/mol. The Bertz CT molecular complexity index is 527. The van der Waals surface area contributed by atoms with E-state index in [0.29, 0.717) is 5.89 Å². The van der Waals surface area contributed by atoms with Gasteiger partial charge < -0.3 is 14.9 Å². The van der Waals surface area contributed by atoms with Gasteiger partial charge in [-0.15, -0.1) is 0 Å². The molecule has 4 unspecified atom stereocenters. The van der Waals surface area contributed by atoms with Gasteiger partial charge in [0.15, 0.2) is 0 Å². The molecule has 1 aromatic rings. The first-order valence-electron chi connectivity index (χ1n) is 6.40. The van der Waals surface area contributed by atoms with Gasteiger partial charge in [-0.05, 0) is 31.1 Å². The third kappa shape index (κ3) is 1.98. The zero-order chi connectivity index (χ0) is 13.6. The summed E-state index contributed by atoms with van der Waals surface area (Å²) in [5.74, 6) is -1.07. The Morgan fingerprint density at radius 1 is 1.37 bits per heavy atom. The van der Waals surface area contributed by atoms with Crippen LogP contribution in [0.25, 0.3) is 0 Å². The zero-order valence-electron chi connectivity index (χ0n) is 10.5. The summed E-state index contributed by atoms with van der Waals surface area (Å²) in [6.45, 7) is 1.60. The van der Waals surface area contributed by atoms with Crippen molar-refractivity contribution >= 4 is 11.9 Å². The lowest BCUT2D eigenvalue weighted by Gasteiger charge is -2.28. The number of amides is 1. The first-order valence-corrected chi connectivity index (χ1v) is 6.40. The number of aryl methyl sites for hydroxylation is 1. The Labute approximate surface area is 109 Å². The number of hydrogen-bond donors (Lipinski definition) is 2. The summed E-state index contributed by atoms with van der Waals surface area (Å²) in [5.41, 5.74) is 0. The second-order valence-corrected chi connectivity index (χ2v) is 5.33. The molecule has 2 N–H and O–H groups in total. The molecule has 0 aliphatic heterocycles. The van der Waals surface area contributed by atoms with E-state index in [-0.39, 0.29) is 23.7 Å². The molecule has 1 amide bonds. The van der Waals surface area contributed by atoms with Gasteiger partial charge in [-0.1, -0.05) is 5.16 Å². The number of nitrogens with one attached hydrogen (secondary N) is 1. The number of carbonyl (C=O) groups excluding carboxylic acids is 1. The number of hydrogen-bond acceptors (Lipinski definition) is 5. The molecule has 0 radical (unpaired) electrons. The number of carbonyl (C=O) groups is 2. The monoisotopic (exact) mass is 265 g/mol. The number of nitrogens with zero attached hydrogens (tertiary/aromatic N) is 2. The summed E-state index contributed by atoms with van der Waals surface area (Å²) in [6.07, 6.45) is 2.80. The van der Waals surface area contributed by atoms with Gasteiger partial charge in [-0.2, -0.15) is 4.98 Å². The molecule has 0 saturated heterocycles. The van der Waals surface area contributed by atoms with Crippen LogP contribution in [0, 0.1) is 24.7 Å². The van der Waals surface area contributed by atoms with Gasteiger partial charge in [0.25, 0.3) is 11.7 Å². The van der Waals surface area contributed by atoms with E-state index in [4.69, 9.17) is 4.52 Å². The highest BCUT2D eigenvalue weighted by Gasteiger charge is 2.51. The van der Waals surface area contributed by atoms with Gasteiger partial charge >= 0.3 is 5.97 Å². The van der Waals surface area contributed by atoms with Gasteiger partial charge in [0.05, 0.1) is 5.92 Å². The number of rotatable bonds is 3. The molecule has 19 heavy (non-hydrogen) atoms. The maximum absolute atomic E-state index is 12.0. The van der Waals surface area contributed by atoms with Crippen molar-refractivity contribution in [3.05, 3.63) is 11.7 Å². The highest BCUT2D eigenvalue weighted by atomic mass is 16.5. The van der Waals surface area contributed by atoms with Crippen LogP contribution in [0.4, 0.5) is 0 Å². The molecule has 1 heterocycles. The minimum absolute atomic E-state index is 0.0376. The number of carboxylic acids is 1. The summed E-state index contributed by atoms with van der Waals surface area (Å²) in [5, 5.41) is 15.6. The summed E-state index contributed by atoms with van der Waals surface area (Å²) in [4.78, 5) is 27.1. The number of carboxylic acid groups (broad SMARTS) is 1. The largest absolute Gasteiger partial charge is 0.481 e. The molecule has 7 nitrogen and oxygen atoms in total. The van der Waals surface area contributed by atoms with E-state index in [1.807, 2.05) is 0 Å². The minimum atomic E-state index is -0.832. The highest BCUT2D eigenvalue weighted by Crippen LogP contribution is 2.48. The third-order valence-electron chi connectivity index (χ3n) is 4.23. The Morgan fingerprint density at radius 3 is 2.74 bits per heavy atom. The third-order valence-corrected chi connectivity index (χ3v) is 4.23. The molecule has 7 heteroatoms. The van der Waals surface area contributed by atoms with Gasteiger partial charge in [-0.25, -0.2) is 0 Å². The van der Waals surface area contributed by atoms with E-state index in [9.17, 15) is 14.7 Å². The minimum Gasteiger partial charge on any atom is -0.481 e. The Balaban J connectivity index is 1.75. The normalized spacial score (nSPS) is 32.5. The molecule has 0 aromatic carbocycles. The summed E-state index contributed by atoms with van der Waals surface area (Å²) in [7, 11) is 0. The van der Waals surface area contributed by atoms with E-state index in [1.54, 1.807) is 6.92 Å². The van der Waals surface area contributed by atoms with Crippen molar-refractivity contribution in [2.24, 2.45) is 17.8 Å². The van der Waals surface area contributed by atoms with E-state index in [2.05, 4.69) is 15.5 Å². The highest BCUT2D eigenvalue weighted by molar-refractivity contribution is 5.91. The van der Waals surface area contributed by atoms with Crippen LogP contribution in [-0.4, -0.2) is 33.2 Å². The fourth-order valence-corrected chi connectivity index (χ4v) is 3.46. The fraction of sp³-hybridized carbons (Fsp3) is 0.667. The Hall–Kier alpha value is -1.92. The van der Waals surface area contributed by atoms with Gasteiger partial charge in [0.2, 0.25) is 5.89 Å². The first-order chi connectivity index (χ1) is 9.06. The van der Waals surface area contributed by atoms with Crippen molar-refractivity contribution in [1.82, 2.24) is 15.5 Å². The fourth-order valence-electron chi connectivity index (χ4n) is 3.46.